The molecule has 2 atom stereocenters. The van der Waals surface area contributed by atoms with Crippen LogP contribution < -0.4 is 11.1 Å². The van der Waals surface area contributed by atoms with Crippen LogP contribution in [0.5, 0.6) is 0 Å². The van der Waals surface area contributed by atoms with Crippen molar-refractivity contribution in [3.05, 3.63) is 137 Å². The molecule has 0 spiro atoms. The van der Waals surface area contributed by atoms with E-state index in [0.29, 0.717) is 48.2 Å². The second kappa shape index (κ2) is 23.1. The molecular weight excluding hydrogens is 1010 g/mol. The van der Waals surface area contributed by atoms with Gasteiger partial charge in [-0.25, -0.2) is 9.36 Å². The molecule has 0 aliphatic heterocycles. The number of aliphatic hydroxyl groups excluding tert-OH is 2. The smallest absolute Gasteiger partial charge is 0.299 e. The summed E-state index contributed by atoms with van der Waals surface area (Å²) in [5.74, 6) is -0.535. The molecule has 72 heavy (non-hydrogen) atoms. The van der Waals surface area contributed by atoms with E-state index in [4.69, 9.17) is 23.2 Å². The molecule has 0 radical (unpaired) electrons. The molecule has 6 aromatic rings. The fourth-order valence-electron chi connectivity index (χ4n) is 9.17. The van der Waals surface area contributed by atoms with Gasteiger partial charge < -0.3 is 10.2 Å². The summed E-state index contributed by atoms with van der Waals surface area (Å²) in [6.07, 6.45) is 2.17. The molecule has 0 aliphatic carbocycles. The zero-order chi connectivity index (χ0) is 53.0. The first-order chi connectivity index (χ1) is 34.0. The lowest BCUT2D eigenvalue weighted by atomic mass is 9.76. The maximum Gasteiger partial charge on any atom is 0.299 e. The number of aliphatic hydroxyl groups is 2. The third-order valence-electron chi connectivity index (χ3n) is 13.5. The average molecular weight is 1070 g/mol. The quantitative estimate of drug-likeness (QED) is 0.0293. The predicted octanol–water partition coefficient (Wildman–Crippen LogP) is 12.4. The zero-order valence-corrected chi connectivity index (χ0v) is 44.3. The fourth-order valence-corrected chi connectivity index (χ4v) is 10.6. The van der Waals surface area contributed by atoms with Crippen LogP contribution in [0, 0.1) is 31.6 Å². The second-order valence-electron chi connectivity index (χ2n) is 17.8. The van der Waals surface area contributed by atoms with Crippen LogP contribution in [0.1, 0.15) is 132 Å². The lowest BCUT2D eigenvalue weighted by Crippen LogP contribution is -2.17. The van der Waals surface area contributed by atoms with Gasteiger partial charge in [0.05, 0.1) is 66.2 Å². The minimum absolute atomic E-state index is 0.0270. The van der Waals surface area contributed by atoms with Crippen molar-refractivity contribution in [2.24, 2.45) is 38.2 Å². The molecule has 0 amide bonds. The zero-order valence-electron chi connectivity index (χ0n) is 41.1. The Morgan fingerprint density at radius 3 is 1.19 bits per heavy atom. The summed E-state index contributed by atoms with van der Waals surface area (Å²) in [4.78, 5) is 26.7. The molecular formula is C50H60Cl2N8O10S2. The molecule has 6 N–H and O–H groups in total. The highest BCUT2D eigenvalue weighted by molar-refractivity contribution is 7.86. The first kappa shape index (κ1) is 55.7. The van der Waals surface area contributed by atoms with Crippen LogP contribution in [0.4, 0.5) is 22.7 Å². The Bertz CT molecular complexity index is 3140. The van der Waals surface area contributed by atoms with E-state index in [1.54, 1.807) is 26.0 Å². The average Bonchev–Trinajstić information content (AvgIpc) is 3.79. The molecule has 0 saturated heterocycles. The van der Waals surface area contributed by atoms with E-state index in [9.17, 15) is 45.7 Å². The topological polar surface area (TPSA) is 274 Å². The molecule has 22 heteroatoms. The van der Waals surface area contributed by atoms with Crippen LogP contribution in [0.15, 0.2) is 113 Å². The molecule has 6 rings (SSSR count). The molecule has 2 unspecified atom stereocenters. The molecule has 0 fully saturated rings. The van der Waals surface area contributed by atoms with Gasteiger partial charge in [0, 0.05) is 17.0 Å². The SMILES string of the molecule is CCC(CC)C(O)c1cc(C(c2ccc(N=Nc3c(C)[nH]n(-c4cc(S(=O)(=O)O)ccc4Cl)c3=O)c(C(O)C(CC)CC)c2)C(CC)CC)ccc1N=Nc1c(C)[nH]n(-c2cc(S(=O)(=O)O)ccc2Cl)c1=O. The third kappa shape index (κ3) is 11.8. The number of azo groups is 2. The molecule has 2 heterocycles. The van der Waals surface area contributed by atoms with E-state index in [1.165, 1.54) is 12.1 Å². The van der Waals surface area contributed by atoms with Crippen LogP contribution in [0.25, 0.3) is 11.4 Å². The van der Waals surface area contributed by atoms with Gasteiger partial charge in [0.2, 0.25) is 0 Å². The maximum atomic E-state index is 13.8. The van der Waals surface area contributed by atoms with E-state index in [0.717, 1.165) is 57.6 Å². The van der Waals surface area contributed by atoms with Gasteiger partial charge in [-0.05, 0) is 91.3 Å². The number of rotatable bonds is 21. The highest BCUT2D eigenvalue weighted by atomic mass is 35.5. The van der Waals surface area contributed by atoms with Gasteiger partial charge in [0.1, 0.15) is 0 Å². The Balaban J connectivity index is 1.47. The summed E-state index contributed by atoms with van der Waals surface area (Å²) in [5.41, 5.74) is 2.22. The molecule has 2 aromatic heterocycles. The van der Waals surface area contributed by atoms with Gasteiger partial charge in [0.25, 0.3) is 31.4 Å². The molecule has 386 valence electrons. The lowest BCUT2D eigenvalue weighted by Gasteiger charge is -2.30. The summed E-state index contributed by atoms with van der Waals surface area (Å²) >= 11 is 12.8. The first-order valence-corrected chi connectivity index (χ1v) is 27.3. The highest BCUT2D eigenvalue weighted by Gasteiger charge is 2.30. The minimum Gasteiger partial charge on any atom is -0.388 e. The van der Waals surface area contributed by atoms with Crippen molar-refractivity contribution in [3.63, 3.8) is 0 Å². The number of benzene rings is 4. The number of nitrogens with zero attached hydrogens (tertiary/aromatic N) is 6. The van der Waals surface area contributed by atoms with Gasteiger partial charge in [-0.15, -0.1) is 20.5 Å². The number of aryl methyl sites for hydroxylation is 2. The van der Waals surface area contributed by atoms with Crippen molar-refractivity contribution in [2.75, 3.05) is 0 Å². The number of aromatic nitrogens is 4. The van der Waals surface area contributed by atoms with Crippen LogP contribution in [0.3, 0.4) is 0 Å². The summed E-state index contributed by atoms with van der Waals surface area (Å²) in [6.45, 7) is 15.3. The Morgan fingerprint density at radius 1 is 0.528 bits per heavy atom. The molecule has 0 saturated carbocycles. The number of hydrogen-bond acceptors (Lipinski definition) is 12. The standard InChI is InChI=1S/C50H60Cl2N8O10S2/c1-9-29(10-2)44(32-15-21-40(36(23-32)47(61)30(11-3)12-4)53-55-45-27(7)57-59(49(45)63)42-25-34(71(65,66)67)17-19-38(42)51)33-16-22-41(37(24-33)48(62)31(13-5)14-6)54-56-46-28(8)58-60(50(46)64)43-26-35(72(68,69)70)18-20-39(43)52/h15-26,29-31,44,47-48,57-58,61-62H,9-14H2,1-8H3,(H,65,66,67)(H,68,69,70). The monoisotopic (exact) mass is 1070 g/mol. The third-order valence-corrected chi connectivity index (χ3v) is 15.8. The molecule has 18 nitrogen and oxygen atoms in total. The summed E-state index contributed by atoms with van der Waals surface area (Å²) in [6, 6.07) is 18.0. The summed E-state index contributed by atoms with van der Waals surface area (Å²) in [7, 11) is -9.24. The maximum absolute atomic E-state index is 13.8. The molecule has 4 aromatic carbocycles. The lowest BCUT2D eigenvalue weighted by molar-refractivity contribution is 0.103. The van der Waals surface area contributed by atoms with Crippen molar-refractivity contribution in [1.29, 1.82) is 0 Å². The predicted molar refractivity (Wildman–Crippen MR) is 277 cm³/mol. The van der Waals surface area contributed by atoms with Crippen molar-refractivity contribution in [1.82, 2.24) is 19.6 Å². The number of hydrogen-bond donors (Lipinski definition) is 6. The highest BCUT2D eigenvalue weighted by Crippen LogP contribution is 2.44. The van der Waals surface area contributed by atoms with E-state index in [1.807, 2.05) is 52.0 Å². The normalized spacial score (nSPS) is 13.9. The van der Waals surface area contributed by atoms with E-state index >= 15 is 0 Å². The van der Waals surface area contributed by atoms with Crippen molar-refractivity contribution >= 4 is 66.2 Å². The van der Waals surface area contributed by atoms with Crippen molar-refractivity contribution in [2.45, 2.75) is 122 Å². The number of aromatic amines is 2. The van der Waals surface area contributed by atoms with Crippen LogP contribution in [-0.2, 0) is 20.2 Å². The Kier molecular flexibility index (Phi) is 17.9. The fraction of sp³-hybridized carbons (Fsp3) is 0.400. The van der Waals surface area contributed by atoms with Crippen LogP contribution in [-0.4, -0.2) is 55.7 Å². The summed E-state index contributed by atoms with van der Waals surface area (Å²) < 4.78 is 69.0. The molecule has 0 aliphatic rings. The Labute approximate surface area is 428 Å². The van der Waals surface area contributed by atoms with Crippen LogP contribution >= 0.6 is 23.2 Å². The van der Waals surface area contributed by atoms with Crippen LogP contribution in [0.2, 0.25) is 10.0 Å². The van der Waals surface area contributed by atoms with Crippen molar-refractivity contribution in [3.8, 4) is 11.4 Å². The van der Waals surface area contributed by atoms with E-state index in [-0.39, 0.29) is 67.9 Å². The number of H-pyrrole nitrogens is 2. The largest absolute Gasteiger partial charge is 0.388 e. The van der Waals surface area contributed by atoms with E-state index < -0.39 is 53.4 Å². The Morgan fingerprint density at radius 2 is 0.875 bits per heavy atom. The number of halogens is 2. The summed E-state index contributed by atoms with van der Waals surface area (Å²) in [5, 5.41) is 47.7. The van der Waals surface area contributed by atoms with Gasteiger partial charge in [-0.3, -0.25) is 28.9 Å². The minimum atomic E-state index is -4.62. The van der Waals surface area contributed by atoms with Crippen molar-refractivity contribution < 1.29 is 36.2 Å². The van der Waals surface area contributed by atoms with Gasteiger partial charge in [0.15, 0.2) is 11.4 Å². The van der Waals surface area contributed by atoms with Gasteiger partial charge in [-0.1, -0.05) is 128 Å². The van der Waals surface area contributed by atoms with E-state index in [2.05, 4.69) is 44.5 Å². The van der Waals surface area contributed by atoms with Gasteiger partial charge in [-0.2, -0.15) is 16.8 Å². The van der Waals surface area contributed by atoms with Gasteiger partial charge >= 0.3 is 0 Å². The first-order valence-electron chi connectivity index (χ1n) is 23.7. The number of nitrogens with one attached hydrogen (secondary N) is 2. The Hall–Kier alpha value is -5.58. The second-order valence-corrected chi connectivity index (χ2v) is 21.4. The molecule has 0 bridgehead atoms.